The second-order valence-corrected chi connectivity index (χ2v) is 7.74. The minimum atomic E-state index is -2.92. The molecule has 0 bridgehead atoms. The Balaban J connectivity index is 2.23. The number of nitrogens with zero attached hydrogens (tertiary/aromatic N) is 1. The fourth-order valence-electron chi connectivity index (χ4n) is 2.15. The van der Waals surface area contributed by atoms with E-state index < -0.39 is 9.84 Å². The maximum atomic E-state index is 11.8. The van der Waals surface area contributed by atoms with Crippen LogP contribution in [0, 0.1) is 5.92 Å². The third kappa shape index (κ3) is 6.79. The number of hydrogen-bond donors (Lipinski definition) is 2. The van der Waals surface area contributed by atoms with Gasteiger partial charge in [-0.25, -0.2) is 13.2 Å². The summed E-state index contributed by atoms with van der Waals surface area (Å²) in [6.45, 7) is 2.98. The number of carbonyl (C=O) groups excluding carboxylic acids is 2. The monoisotopic (exact) mass is 319 g/mol. The van der Waals surface area contributed by atoms with Crippen molar-refractivity contribution in [3.63, 3.8) is 0 Å². The molecule has 1 aliphatic rings. The lowest BCUT2D eigenvalue weighted by Gasteiger charge is -2.18. The van der Waals surface area contributed by atoms with Crippen LogP contribution < -0.4 is 10.6 Å². The van der Waals surface area contributed by atoms with Crippen LogP contribution in [-0.4, -0.2) is 63.4 Å². The normalized spacial score (nSPS) is 20.0. The molecule has 1 rings (SSSR count). The zero-order valence-electron chi connectivity index (χ0n) is 12.7. The maximum absolute atomic E-state index is 11.8. The van der Waals surface area contributed by atoms with Gasteiger partial charge in [-0.15, -0.1) is 0 Å². The summed E-state index contributed by atoms with van der Waals surface area (Å²) in [6.07, 6.45) is 2.50. The predicted molar refractivity (Wildman–Crippen MR) is 80.7 cm³/mol. The number of unbranched alkanes of at least 4 members (excludes halogenated alkanes) is 1. The fourth-order valence-corrected chi connectivity index (χ4v) is 4.01. The number of carbonyl (C=O) groups is 2. The summed E-state index contributed by atoms with van der Waals surface area (Å²) >= 11 is 0. The van der Waals surface area contributed by atoms with Crippen molar-refractivity contribution in [2.45, 2.75) is 26.2 Å². The highest BCUT2D eigenvalue weighted by molar-refractivity contribution is 7.91. The van der Waals surface area contributed by atoms with Gasteiger partial charge in [0.05, 0.1) is 11.5 Å². The smallest absolute Gasteiger partial charge is 0.317 e. The van der Waals surface area contributed by atoms with Crippen LogP contribution in [0.1, 0.15) is 26.2 Å². The molecule has 1 fully saturated rings. The third-order valence-corrected chi connectivity index (χ3v) is 5.29. The molecule has 7 nitrogen and oxygen atoms in total. The molecule has 1 saturated heterocycles. The van der Waals surface area contributed by atoms with E-state index in [1.165, 1.54) is 4.90 Å². The highest BCUT2D eigenvalue weighted by Crippen LogP contribution is 2.17. The molecule has 0 aromatic heterocycles. The predicted octanol–water partition coefficient (Wildman–Crippen LogP) is -0.0212. The summed E-state index contributed by atoms with van der Waals surface area (Å²) in [5, 5.41) is 5.41. The van der Waals surface area contributed by atoms with Crippen molar-refractivity contribution in [3.05, 3.63) is 0 Å². The van der Waals surface area contributed by atoms with Crippen LogP contribution in [0.25, 0.3) is 0 Å². The Morgan fingerprint density at radius 1 is 1.29 bits per heavy atom. The first-order chi connectivity index (χ1) is 9.84. The molecule has 1 heterocycles. The zero-order chi connectivity index (χ0) is 15.9. The van der Waals surface area contributed by atoms with Crippen LogP contribution in [0.2, 0.25) is 0 Å². The number of hydrogen-bond acceptors (Lipinski definition) is 4. The van der Waals surface area contributed by atoms with Gasteiger partial charge in [0, 0.05) is 20.1 Å². The van der Waals surface area contributed by atoms with Crippen molar-refractivity contribution in [2.24, 2.45) is 5.92 Å². The molecule has 122 valence electrons. The SMILES string of the molecule is CCCCNC(=O)CN(C)C(=O)NCC1CCS(=O)(=O)C1. The molecule has 0 spiro atoms. The quantitative estimate of drug-likeness (QED) is 0.645. The molecule has 1 unspecified atom stereocenters. The van der Waals surface area contributed by atoms with Gasteiger partial charge >= 0.3 is 6.03 Å². The number of sulfone groups is 1. The lowest BCUT2D eigenvalue weighted by molar-refractivity contribution is -0.121. The molecule has 0 aliphatic carbocycles. The maximum Gasteiger partial charge on any atom is 0.317 e. The average molecular weight is 319 g/mol. The van der Waals surface area contributed by atoms with Gasteiger partial charge in [-0.3, -0.25) is 4.79 Å². The third-order valence-electron chi connectivity index (χ3n) is 3.45. The van der Waals surface area contributed by atoms with E-state index >= 15 is 0 Å². The first kappa shape index (κ1) is 17.7. The number of urea groups is 1. The van der Waals surface area contributed by atoms with Crippen molar-refractivity contribution in [3.8, 4) is 0 Å². The Morgan fingerprint density at radius 2 is 2.00 bits per heavy atom. The summed E-state index contributed by atoms with van der Waals surface area (Å²) in [5.41, 5.74) is 0. The summed E-state index contributed by atoms with van der Waals surface area (Å²) in [7, 11) is -1.38. The van der Waals surface area contributed by atoms with Gasteiger partial charge in [0.15, 0.2) is 9.84 Å². The Morgan fingerprint density at radius 3 is 2.57 bits per heavy atom. The fraction of sp³-hybridized carbons (Fsp3) is 0.846. The summed E-state index contributed by atoms with van der Waals surface area (Å²) in [4.78, 5) is 24.7. The van der Waals surface area contributed by atoms with Crippen molar-refractivity contribution in [2.75, 3.05) is 38.2 Å². The van der Waals surface area contributed by atoms with E-state index in [0.29, 0.717) is 19.5 Å². The molecule has 2 N–H and O–H groups in total. The Labute approximate surface area is 126 Å². The Kier molecular flexibility index (Phi) is 6.94. The van der Waals surface area contributed by atoms with E-state index in [-0.39, 0.29) is 35.9 Å². The van der Waals surface area contributed by atoms with Gasteiger partial charge < -0.3 is 15.5 Å². The van der Waals surface area contributed by atoms with Crippen LogP contribution >= 0.6 is 0 Å². The molecule has 3 amide bonds. The molecule has 0 aromatic carbocycles. The number of rotatable bonds is 7. The summed E-state index contributed by atoms with van der Waals surface area (Å²) < 4.78 is 22.6. The van der Waals surface area contributed by atoms with Crippen molar-refractivity contribution < 1.29 is 18.0 Å². The van der Waals surface area contributed by atoms with E-state index in [2.05, 4.69) is 10.6 Å². The van der Waals surface area contributed by atoms with Crippen LogP contribution in [0.5, 0.6) is 0 Å². The summed E-state index contributed by atoms with van der Waals surface area (Å²) in [5.74, 6) is 0.118. The van der Waals surface area contributed by atoms with Gasteiger partial charge in [0.2, 0.25) is 5.91 Å². The summed E-state index contributed by atoms with van der Waals surface area (Å²) in [6, 6.07) is -0.357. The first-order valence-electron chi connectivity index (χ1n) is 7.30. The molecule has 8 heteroatoms. The van der Waals surface area contributed by atoms with E-state index in [4.69, 9.17) is 0 Å². The van der Waals surface area contributed by atoms with E-state index in [9.17, 15) is 18.0 Å². The van der Waals surface area contributed by atoms with Gasteiger partial charge in [-0.2, -0.15) is 0 Å². The Bertz CT molecular complexity index is 464. The van der Waals surface area contributed by atoms with E-state index in [0.717, 1.165) is 12.8 Å². The Hall–Kier alpha value is -1.31. The molecule has 1 aliphatic heterocycles. The molecule has 0 radical (unpaired) electrons. The van der Waals surface area contributed by atoms with Crippen LogP contribution in [-0.2, 0) is 14.6 Å². The first-order valence-corrected chi connectivity index (χ1v) is 9.12. The number of likely N-dealkylation sites (N-methyl/N-ethyl adjacent to an activating group) is 1. The lowest BCUT2D eigenvalue weighted by Crippen LogP contribution is -2.44. The van der Waals surface area contributed by atoms with Crippen molar-refractivity contribution in [1.82, 2.24) is 15.5 Å². The second-order valence-electron chi connectivity index (χ2n) is 5.51. The standard InChI is InChI=1S/C13H25N3O4S/c1-3-4-6-14-12(17)9-16(2)13(18)15-8-11-5-7-21(19,20)10-11/h11H,3-10H2,1-2H3,(H,14,17)(H,15,18). The molecule has 0 saturated carbocycles. The van der Waals surface area contributed by atoms with Gasteiger partial charge in [-0.05, 0) is 18.8 Å². The van der Waals surface area contributed by atoms with Gasteiger partial charge in [0.25, 0.3) is 0 Å². The largest absolute Gasteiger partial charge is 0.355 e. The number of nitrogens with one attached hydrogen (secondary N) is 2. The van der Waals surface area contributed by atoms with Gasteiger partial charge in [0.1, 0.15) is 6.54 Å². The minimum Gasteiger partial charge on any atom is -0.355 e. The molecule has 1 atom stereocenters. The molecular weight excluding hydrogens is 294 g/mol. The molecule has 21 heavy (non-hydrogen) atoms. The number of amides is 3. The van der Waals surface area contributed by atoms with E-state index in [1.807, 2.05) is 6.92 Å². The molecule has 0 aromatic rings. The molecular formula is C13H25N3O4S. The van der Waals surface area contributed by atoms with Crippen LogP contribution in [0.15, 0.2) is 0 Å². The highest BCUT2D eigenvalue weighted by Gasteiger charge is 2.28. The minimum absolute atomic E-state index is 0.00148. The van der Waals surface area contributed by atoms with Crippen molar-refractivity contribution >= 4 is 21.8 Å². The zero-order valence-corrected chi connectivity index (χ0v) is 13.5. The highest BCUT2D eigenvalue weighted by atomic mass is 32.2. The van der Waals surface area contributed by atoms with Crippen LogP contribution in [0.3, 0.4) is 0 Å². The van der Waals surface area contributed by atoms with Gasteiger partial charge in [-0.1, -0.05) is 13.3 Å². The second kappa shape index (κ2) is 8.21. The lowest BCUT2D eigenvalue weighted by atomic mass is 10.1. The van der Waals surface area contributed by atoms with E-state index in [1.54, 1.807) is 7.05 Å². The van der Waals surface area contributed by atoms with Crippen LogP contribution in [0.4, 0.5) is 4.79 Å². The topological polar surface area (TPSA) is 95.6 Å². The van der Waals surface area contributed by atoms with Crippen molar-refractivity contribution in [1.29, 1.82) is 0 Å². The average Bonchev–Trinajstić information content (AvgIpc) is 2.75.